The van der Waals surface area contributed by atoms with Crippen LogP contribution in [0.1, 0.15) is 6.42 Å². The number of nitrogens with zero attached hydrogens (tertiary/aromatic N) is 1. The van der Waals surface area contributed by atoms with Gasteiger partial charge in [0.05, 0.1) is 27.2 Å². The molecule has 80 valence electrons. The number of aliphatic hydroxyl groups excluding tert-OH is 1. The van der Waals surface area contributed by atoms with Gasteiger partial charge >= 0.3 is 0 Å². The molecule has 0 radical (unpaired) electrons. The maximum atomic E-state index is 10.4. The lowest BCUT2D eigenvalue weighted by molar-refractivity contribution is -0.888. The second-order valence-corrected chi connectivity index (χ2v) is 5.32. The van der Waals surface area contributed by atoms with Gasteiger partial charge in [-0.1, -0.05) is 0 Å². The lowest BCUT2D eigenvalue weighted by Crippen LogP contribution is -2.44. The molecule has 0 fully saturated rings. The monoisotopic (exact) mass is 212 g/mol. The molecular weight excluding hydrogens is 194 g/mol. The third-order valence-corrected chi connectivity index (χ3v) is 2.57. The summed E-state index contributed by atoms with van der Waals surface area (Å²) in [7, 11) is -0.137. The SMILES string of the molecule is C[N+](C)(CCCO)CCS(=O)(=O)O. The highest BCUT2D eigenvalue weighted by Crippen LogP contribution is 1.99. The van der Waals surface area contributed by atoms with E-state index < -0.39 is 10.1 Å². The molecule has 0 aromatic carbocycles. The van der Waals surface area contributed by atoms with E-state index in [0.717, 1.165) is 0 Å². The smallest absolute Gasteiger partial charge is 0.270 e. The topological polar surface area (TPSA) is 74.6 Å². The van der Waals surface area contributed by atoms with Gasteiger partial charge in [0.2, 0.25) is 0 Å². The Morgan fingerprint density at radius 1 is 1.23 bits per heavy atom. The van der Waals surface area contributed by atoms with E-state index in [-0.39, 0.29) is 12.4 Å². The fraction of sp³-hybridized carbons (Fsp3) is 1.00. The largest absolute Gasteiger partial charge is 0.396 e. The zero-order valence-electron chi connectivity index (χ0n) is 8.10. The molecule has 0 unspecified atom stereocenters. The molecule has 5 nitrogen and oxygen atoms in total. The van der Waals surface area contributed by atoms with Crippen LogP contribution < -0.4 is 0 Å². The van der Waals surface area contributed by atoms with Gasteiger partial charge in [0.25, 0.3) is 10.1 Å². The van der Waals surface area contributed by atoms with E-state index in [1.165, 1.54) is 0 Å². The Hall–Kier alpha value is -0.170. The molecule has 13 heavy (non-hydrogen) atoms. The van der Waals surface area contributed by atoms with Crippen LogP contribution in [0.2, 0.25) is 0 Å². The molecule has 2 N–H and O–H groups in total. The third kappa shape index (κ3) is 8.17. The second kappa shape index (κ2) is 4.90. The summed E-state index contributed by atoms with van der Waals surface area (Å²) in [5, 5.41) is 8.58. The fourth-order valence-electron chi connectivity index (χ4n) is 0.973. The average Bonchev–Trinajstić information content (AvgIpc) is 1.97. The molecule has 0 amide bonds. The van der Waals surface area contributed by atoms with E-state index in [2.05, 4.69) is 0 Å². The van der Waals surface area contributed by atoms with Gasteiger partial charge in [-0.15, -0.1) is 0 Å². The Bertz CT molecular complexity index is 235. The highest BCUT2D eigenvalue weighted by molar-refractivity contribution is 7.85. The van der Waals surface area contributed by atoms with E-state index in [0.29, 0.717) is 24.0 Å². The van der Waals surface area contributed by atoms with Gasteiger partial charge in [-0.3, -0.25) is 4.55 Å². The van der Waals surface area contributed by atoms with Gasteiger partial charge in [0, 0.05) is 13.0 Å². The van der Waals surface area contributed by atoms with Crippen LogP contribution >= 0.6 is 0 Å². The van der Waals surface area contributed by atoms with Crippen LogP contribution in [0.3, 0.4) is 0 Å². The summed E-state index contributed by atoms with van der Waals surface area (Å²) in [4.78, 5) is 0. The Labute approximate surface area is 79.3 Å². The lowest BCUT2D eigenvalue weighted by Gasteiger charge is -2.28. The molecule has 6 heteroatoms. The van der Waals surface area contributed by atoms with E-state index >= 15 is 0 Å². The van der Waals surface area contributed by atoms with Crippen LogP contribution in [-0.4, -0.2) is 62.1 Å². The van der Waals surface area contributed by atoms with Gasteiger partial charge in [-0.2, -0.15) is 8.42 Å². The molecule has 0 rings (SSSR count). The van der Waals surface area contributed by atoms with Crippen molar-refractivity contribution in [2.24, 2.45) is 0 Å². The first-order valence-electron chi connectivity index (χ1n) is 4.15. The van der Waals surface area contributed by atoms with Crippen LogP contribution in [0.25, 0.3) is 0 Å². The van der Waals surface area contributed by atoms with Crippen molar-refractivity contribution in [3.8, 4) is 0 Å². The first-order valence-corrected chi connectivity index (χ1v) is 5.76. The second-order valence-electron chi connectivity index (χ2n) is 3.75. The third-order valence-electron chi connectivity index (χ3n) is 1.88. The maximum Gasteiger partial charge on any atom is 0.270 e. The van der Waals surface area contributed by atoms with Crippen molar-refractivity contribution in [3.05, 3.63) is 0 Å². The molecule has 0 aromatic rings. The zero-order chi connectivity index (χ0) is 10.5. The first-order chi connectivity index (χ1) is 5.77. The summed E-state index contributed by atoms with van der Waals surface area (Å²) >= 11 is 0. The van der Waals surface area contributed by atoms with Crippen molar-refractivity contribution in [2.75, 3.05) is 39.5 Å². The molecule has 0 heterocycles. The summed E-state index contributed by atoms with van der Waals surface area (Å²) in [5.74, 6) is -0.231. The summed E-state index contributed by atoms with van der Waals surface area (Å²) in [6, 6.07) is 0. The van der Waals surface area contributed by atoms with Crippen LogP contribution in [0.5, 0.6) is 0 Å². The predicted molar refractivity (Wildman–Crippen MR) is 50.0 cm³/mol. The molecule has 0 bridgehead atoms. The average molecular weight is 212 g/mol. The summed E-state index contributed by atoms with van der Waals surface area (Å²) in [6.07, 6.45) is 0.637. The minimum absolute atomic E-state index is 0.105. The normalized spacial score (nSPS) is 13.2. The fourth-order valence-corrected chi connectivity index (χ4v) is 1.70. The van der Waals surface area contributed by atoms with E-state index in [4.69, 9.17) is 9.66 Å². The minimum atomic E-state index is -3.86. The van der Waals surface area contributed by atoms with Gasteiger partial charge in [-0.25, -0.2) is 0 Å². The van der Waals surface area contributed by atoms with Crippen LogP contribution in [-0.2, 0) is 10.1 Å². The van der Waals surface area contributed by atoms with Gasteiger partial charge < -0.3 is 9.59 Å². The summed E-state index contributed by atoms with van der Waals surface area (Å²) in [6.45, 7) is 1.17. The van der Waals surface area contributed by atoms with Gasteiger partial charge in [0.15, 0.2) is 0 Å². The highest BCUT2D eigenvalue weighted by Gasteiger charge is 2.18. The van der Waals surface area contributed by atoms with Crippen molar-refractivity contribution in [1.29, 1.82) is 0 Å². The van der Waals surface area contributed by atoms with Crippen LogP contribution in [0, 0.1) is 0 Å². The maximum absolute atomic E-state index is 10.4. The van der Waals surface area contributed by atoms with Gasteiger partial charge in [0.1, 0.15) is 5.75 Å². The summed E-state index contributed by atoms with van der Waals surface area (Å²) in [5.41, 5.74) is 0. The molecule has 0 saturated carbocycles. The molecule has 0 aliphatic heterocycles. The van der Waals surface area contributed by atoms with E-state index in [1.807, 2.05) is 14.1 Å². The molecule has 0 saturated heterocycles. The molecule has 0 aromatic heterocycles. The molecular formula is C7H18NO4S+. The van der Waals surface area contributed by atoms with Crippen molar-refractivity contribution < 1.29 is 22.6 Å². The van der Waals surface area contributed by atoms with Crippen molar-refractivity contribution in [2.45, 2.75) is 6.42 Å². The van der Waals surface area contributed by atoms with Crippen LogP contribution in [0.15, 0.2) is 0 Å². The summed E-state index contributed by atoms with van der Waals surface area (Å²) < 4.78 is 29.9. The molecule has 0 aliphatic carbocycles. The number of aliphatic hydroxyl groups is 1. The number of rotatable bonds is 6. The number of hydrogen-bond acceptors (Lipinski definition) is 3. The van der Waals surface area contributed by atoms with Crippen molar-refractivity contribution in [3.63, 3.8) is 0 Å². The standard InChI is InChI=1S/C7H17NO4S/c1-8(2,4-3-6-9)5-7-13(10,11)12/h9H,3-7H2,1-2H3/p+1. The van der Waals surface area contributed by atoms with E-state index in [9.17, 15) is 8.42 Å². The lowest BCUT2D eigenvalue weighted by atomic mass is 10.3. The Kier molecular flexibility index (Phi) is 4.83. The molecule has 0 aliphatic rings. The minimum Gasteiger partial charge on any atom is -0.396 e. The Balaban J connectivity index is 3.89. The number of quaternary nitrogens is 1. The quantitative estimate of drug-likeness (QED) is 0.452. The van der Waals surface area contributed by atoms with E-state index in [1.54, 1.807) is 0 Å². The molecule has 0 atom stereocenters. The number of hydrogen-bond donors (Lipinski definition) is 2. The predicted octanol–water partition coefficient (Wildman–Crippen LogP) is -0.667. The van der Waals surface area contributed by atoms with Crippen molar-refractivity contribution in [1.82, 2.24) is 0 Å². The Morgan fingerprint density at radius 2 is 1.77 bits per heavy atom. The van der Waals surface area contributed by atoms with Crippen LogP contribution in [0.4, 0.5) is 0 Å². The highest BCUT2D eigenvalue weighted by atomic mass is 32.2. The molecule has 0 spiro atoms. The zero-order valence-corrected chi connectivity index (χ0v) is 8.92. The first kappa shape index (κ1) is 12.8. The van der Waals surface area contributed by atoms with Crippen molar-refractivity contribution >= 4 is 10.1 Å². The Morgan fingerprint density at radius 3 is 2.15 bits per heavy atom. The van der Waals surface area contributed by atoms with Gasteiger partial charge in [-0.05, 0) is 0 Å².